The monoisotopic (exact) mass is 324 g/mol. The molecule has 1 fully saturated rings. The smallest absolute Gasteiger partial charge is 0.332 e. The molecule has 0 aliphatic carbocycles. The van der Waals surface area contributed by atoms with Crippen molar-refractivity contribution in [1.29, 1.82) is 0 Å². The first-order valence-corrected chi connectivity index (χ1v) is 13.8. The largest absolute Gasteiger partial charge is 0.414 e. The van der Waals surface area contributed by atoms with Crippen molar-refractivity contribution in [2.75, 3.05) is 16.5 Å². The zero-order valence-electron chi connectivity index (χ0n) is 8.98. The minimum atomic E-state index is -2.33. The van der Waals surface area contributed by atoms with Gasteiger partial charge in [-0.05, 0) is 19.6 Å². The van der Waals surface area contributed by atoms with E-state index in [0.717, 1.165) is 0 Å². The van der Waals surface area contributed by atoms with Crippen LogP contribution in [0.5, 0.6) is 0 Å². The highest BCUT2D eigenvalue weighted by Gasteiger charge is 2.56. The average molecular weight is 326 g/mol. The number of hydrogen-bond donors (Lipinski definition) is 0. The second-order valence-electron chi connectivity index (χ2n) is 4.11. The summed E-state index contributed by atoms with van der Waals surface area (Å²) in [6.07, 6.45) is 0. The summed E-state index contributed by atoms with van der Waals surface area (Å²) in [5, 5.41) is 0. The summed E-state index contributed by atoms with van der Waals surface area (Å²) >= 11 is 17.7. The van der Waals surface area contributed by atoms with Crippen LogP contribution in [0.15, 0.2) is 0 Å². The molecule has 1 saturated heterocycles. The Labute approximate surface area is 109 Å². The highest BCUT2D eigenvalue weighted by atomic mass is 35.5. The molecule has 1 rings (SSSR count). The molecule has 0 atom stereocenters. The molecule has 0 aromatic rings. The maximum atomic E-state index is 5.90. The third-order valence-corrected chi connectivity index (χ3v) is 18.2. The molecule has 90 valence electrons. The Morgan fingerprint density at radius 2 is 0.867 bits per heavy atom. The van der Waals surface area contributed by atoms with Crippen molar-refractivity contribution in [3.05, 3.63) is 0 Å². The first-order chi connectivity index (χ1) is 6.80. The molecule has 9 heteroatoms. The van der Waals surface area contributed by atoms with Crippen LogP contribution in [-0.2, 0) is 12.3 Å². The standard InChI is InChI=1S/C6H15Cl3O3Si3/c1-13(4-7)10-14(2,5-8)12-15(3,6-9)11-13/h4-6H2,1-3H3. The van der Waals surface area contributed by atoms with Crippen molar-refractivity contribution in [2.24, 2.45) is 0 Å². The molecule has 0 saturated carbocycles. The van der Waals surface area contributed by atoms with E-state index in [1.807, 2.05) is 19.6 Å². The van der Waals surface area contributed by atoms with Crippen molar-refractivity contribution in [3.63, 3.8) is 0 Å². The Morgan fingerprint density at radius 1 is 0.667 bits per heavy atom. The van der Waals surface area contributed by atoms with Crippen molar-refractivity contribution < 1.29 is 12.3 Å². The molecule has 15 heavy (non-hydrogen) atoms. The second kappa shape index (κ2) is 4.95. The van der Waals surface area contributed by atoms with Crippen LogP contribution in [0.4, 0.5) is 0 Å². The van der Waals surface area contributed by atoms with Gasteiger partial charge in [-0.25, -0.2) is 0 Å². The molecule has 0 N–H and O–H groups in total. The van der Waals surface area contributed by atoms with E-state index in [-0.39, 0.29) is 0 Å². The molecule has 0 spiro atoms. The van der Waals surface area contributed by atoms with Crippen LogP contribution in [0, 0.1) is 0 Å². The molecular formula is C6H15Cl3O3Si3. The minimum Gasteiger partial charge on any atom is -0.414 e. The molecule has 0 aromatic carbocycles. The van der Waals surface area contributed by atoms with Crippen LogP contribution in [0.3, 0.4) is 0 Å². The Morgan fingerprint density at radius 3 is 1.00 bits per heavy atom. The van der Waals surface area contributed by atoms with Crippen LogP contribution < -0.4 is 0 Å². The number of hydrogen-bond acceptors (Lipinski definition) is 3. The molecule has 0 radical (unpaired) electrons. The molecule has 1 aliphatic rings. The minimum absolute atomic E-state index is 0.384. The quantitative estimate of drug-likeness (QED) is 0.589. The first kappa shape index (κ1) is 14.5. The fourth-order valence-corrected chi connectivity index (χ4v) is 18.4. The van der Waals surface area contributed by atoms with Gasteiger partial charge in [0.2, 0.25) is 0 Å². The zero-order chi connectivity index (χ0) is 11.7. The van der Waals surface area contributed by atoms with E-state index in [0.29, 0.717) is 16.5 Å². The SMILES string of the molecule is C[Si]1(CCl)O[Si](C)(CCl)O[Si](C)(CCl)O1. The lowest BCUT2D eigenvalue weighted by Crippen LogP contribution is -2.70. The van der Waals surface area contributed by atoms with Gasteiger partial charge in [-0.1, -0.05) is 0 Å². The molecule has 0 amide bonds. The van der Waals surface area contributed by atoms with Gasteiger partial charge < -0.3 is 12.3 Å². The average Bonchev–Trinajstić information content (AvgIpc) is 2.16. The molecule has 1 heterocycles. The lowest BCUT2D eigenvalue weighted by molar-refractivity contribution is 0.234. The van der Waals surface area contributed by atoms with E-state index in [2.05, 4.69) is 0 Å². The molecule has 3 nitrogen and oxygen atoms in total. The van der Waals surface area contributed by atoms with Gasteiger partial charge in [0.15, 0.2) is 0 Å². The van der Waals surface area contributed by atoms with E-state index in [1.54, 1.807) is 0 Å². The van der Waals surface area contributed by atoms with E-state index in [4.69, 9.17) is 47.1 Å². The number of rotatable bonds is 3. The number of alkyl halides is 3. The molecule has 0 bridgehead atoms. The van der Waals surface area contributed by atoms with Gasteiger partial charge in [-0.2, -0.15) is 0 Å². The third kappa shape index (κ3) is 3.43. The fourth-order valence-electron chi connectivity index (χ4n) is 1.60. The second-order valence-corrected chi connectivity index (χ2v) is 16.6. The van der Waals surface area contributed by atoms with Crippen LogP contribution in [0.25, 0.3) is 0 Å². The topological polar surface area (TPSA) is 27.7 Å². The van der Waals surface area contributed by atoms with Gasteiger partial charge in [-0.15, -0.1) is 34.8 Å². The highest BCUT2D eigenvalue weighted by molar-refractivity contribution is 6.98. The maximum Gasteiger partial charge on any atom is 0.332 e. The lowest BCUT2D eigenvalue weighted by Gasteiger charge is -2.48. The van der Waals surface area contributed by atoms with E-state index in [1.165, 1.54) is 0 Å². The summed E-state index contributed by atoms with van der Waals surface area (Å²) in [5.41, 5.74) is 1.15. The molecule has 1 aliphatic heterocycles. The molecule has 0 aromatic heterocycles. The van der Waals surface area contributed by atoms with E-state index in [9.17, 15) is 0 Å². The Bertz CT molecular complexity index is 199. The number of halogens is 3. The van der Waals surface area contributed by atoms with Crippen molar-refractivity contribution in [1.82, 2.24) is 0 Å². The summed E-state index contributed by atoms with van der Waals surface area (Å²) in [6.45, 7) is 5.83. The van der Waals surface area contributed by atoms with Crippen molar-refractivity contribution >= 4 is 60.5 Å². The van der Waals surface area contributed by atoms with Crippen LogP contribution >= 0.6 is 34.8 Å². The van der Waals surface area contributed by atoms with Gasteiger partial charge in [-0.3, -0.25) is 0 Å². The van der Waals surface area contributed by atoms with Gasteiger partial charge >= 0.3 is 25.7 Å². The van der Waals surface area contributed by atoms with Gasteiger partial charge in [0.05, 0.1) is 16.5 Å². The predicted molar refractivity (Wildman–Crippen MR) is 70.3 cm³/mol. The van der Waals surface area contributed by atoms with Crippen molar-refractivity contribution in [2.45, 2.75) is 19.6 Å². The predicted octanol–water partition coefficient (Wildman–Crippen LogP) is 2.60. The molecular weight excluding hydrogens is 311 g/mol. The Hall–Kier alpha value is 1.40. The lowest BCUT2D eigenvalue weighted by atomic mass is 11.9. The summed E-state index contributed by atoms with van der Waals surface area (Å²) in [7, 11) is -6.98. The molecule has 0 unspecified atom stereocenters. The van der Waals surface area contributed by atoms with Gasteiger partial charge in [0, 0.05) is 0 Å². The van der Waals surface area contributed by atoms with Gasteiger partial charge in [0.1, 0.15) is 0 Å². The summed E-state index contributed by atoms with van der Waals surface area (Å²) in [5.74, 6) is 0. The van der Waals surface area contributed by atoms with Gasteiger partial charge in [0.25, 0.3) is 0 Å². The highest BCUT2D eigenvalue weighted by Crippen LogP contribution is 2.32. The normalized spacial score (nSPS) is 46.8. The van der Waals surface area contributed by atoms with Crippen LogP contribution in [0.2, 0.25) is 19.6 Å². The Balaban J connectivity index is 2.92. The van der Waals surface area contributed by atoms with Crippen molar-refractivity contribution in [3.8, 4) is 0 Å². The first-order valence-electron chi connectivity index (χ1n) is 4.59. The van der Waals surface area contributed by atoms with E-state index >= 15 is 0 Å². The Kier molecular flexibility index (Phi) is 4.77. The summed E-state index contributed by atoms with van der Waals surface area (Å²) in [6, 6.07) is 0. The van der Waals surface area contributed by atoms with E-state index < -0.39 is 25.7 Å². The summed E-state index contributed by atoms with van der Waals surface area (Å²) in [4.78, 5) is 0. The maximum absolute atomic E-state index is 5.90. The zero-order valence-corrected chi connectivity index (χ0v) is 14.2. The van der Waals surface area contributed by atoms with Crippen LogP contribution in [0.1, 0.15) is 0 Å². The van der Waals surface area contributed by atoms with Crippen LogP contribution in [-0.4, -0.2) is 42.2 Å². The fraction of sp³-hybridized carbons (Fsp3) is 1.00. The third-order valence-electron chi connectivity index (χ3n) is 2.02. The summed E-state index contributed by atoms with van der Waals surface area (Å²) < 4.78 is 17.7.